The van der Waals surface area contributed by atoms with Gasteiger partial charge >= 0.3 is 0 Å². The number of aromatic nitrogens is 1. The van der Waals surface area contributed by atoms with Gasteiger partial charge in [0, 0.05) is 21.7 Å². The van der Waals surface area contributed by atoms with Crippen molar-refractivity contribution in [3.63, 3.8) is 0 Å². The predicted octanol–water partition coefficient (Wildman–Crippen LogP) is 6.31. The maximum Gasteiger partial charge on any atom is 0.257 e. The maximum atomic E-state index is 13.0. The lowest BCUT2D eigenvalue weighted by Gasteiger charge is -2.13. The van der Waals surface area contributed by atoms with Gasteiger partial charge in [0.05, 0.1) is 18.4 Å². The number of nitrogens with one attached hydrogen (secondary N) is 2. The fraction of sp³-hybridized carbons (Fsp3) is 0.0833. The molecule has 2 N–H and O–H groups in total. The van der Waals surface area contributed by atoms with E-state index >= 15 is 0 Å². The number of halogens is 1. The lowest BCUT2D eigenvalue weighted by atomic mass is 10.1. The number of carbonyl (C=O) groups excluding carboxylic acids is 1. The zero-order valence-corrected chi connectivity index (χ0v) is 18.2. The maximum absolute atomic E-state index is 13.0. The highest BCUT2D eigenvalue weighted by atomic mass is 79.9. The van der Waals surface area contributed by atoms with Crippen LogP contribution in [0, 0.1) is 6.92 Å². The molecule has 6 heteroatoms. The first-order valence-corrected chi connectivity index (χ1v) is 10.2. The van der Waals surface area contributed by atoms with Crippen molar-refractivity contribution < 1.29 is 9.53 Å². The first-order valence-electron chi connectivity index (χ1n) is 9.41. The van der Waals surface area contributed by atoms with Crippen LogP contribution in [0.2, 0.25) is 0 Å². The van der Waals surface area contributed by atoms with Gasteiger partial charge in [-0.15, -0.1) is 0 Å². The summed E-state index contributed by atoms with van der Waals surface area (Å²) in [6.45, 7) is 2.00. The molecule has 4 aromatic rings. The van der Waals surface area contributed by atoms with Crippen LogP contribution in [-0.4, -0.2) is 18.0 Å². The van der Waals surface area contributed by atoms with E-state index < -0.39 is 0 Å². The number of anilines is 3. The van der Waals surface area contributed by atoms with Crippen LogP contribution in [0.25, 0.3) is 10.8 Å². The topological polar surface area (TPSA) is 63.2 Å². The number of aryl methyl sites for hydroxylation is 1. The van der Waals surface area contributed by atoms with E-state index in [1.165, 1.54) is 0 Å². The van der Waals surface area contributed by atoms with Gasteiger partial charge in [0.2, 0.25) is 0 Å². The number of methoxy groups -OCH3 is 1. The van der Waals surface area contributed by atoms with E-state index in [9.17, 15) is 4.79 Å². The second-order valence-corrected chi connectivity index (χ2v) is 7.71. The average molecular weight is 462 g/mol. The molecular formula is C24H20BrN3O2. The zero-order chi connectivity index (χ0) is 21.1. The highest BCUT2D eigenvalue weighted by molar-refractivity contribution is 9.10. The Morgan fingerprint density at radius 3 is 2.43 bits per heavy atom. The summed E-state index contributed by atoms with van der Waals surface area (Å²) in [5.41, 5.74) is 3.23. The van der Waals surface area contributed by atoms with Gasteiger partial charge < -0.3 is 15.4 Å². The van der Waals surface area contributed by atoms with Crippen molar-refractivity contribution in [3.8, 4) is 5.75 Å². The molecule has 5 nitrogen and oxygen atoms in total. The number of amides is 1. The molecule has 1 aromatic heterocycles. The molecule has 0 aliphatic heterocycles. The number of benzene rings is 3. The molecule has 0 radical (unpaired) electrons. The Bertz CT molecular complexity index is 1220. The Balaban J connectivity index is 1.66. The number of fused-ring (bicyclic) bond motifs is 1. The summed E-state index contributed by atoms with van der Waals surface area (Å²) in [5, 5.41) is 7.98. The molecule has 0 spiro atoms. The first-order chi connectivity index (χ1) is 14.5. The molecule has 0 atom stereocenters. The standard InChI is InChI=1S/C24H20BrN3O2/c1-15-7-12-22(21(25)13-15)28-24(29)20-14-26-23(19-6-4-3-5-18(19)20)27-16-8-10-17(30-2)11-9-16/h3-14H,1-2H3,(H,26,27)(H,28,29). The summed E-state index contributed by atoms with van der Waals surface area (Å²) in [6.07, 6.45) is 1.60. The highest BCUT2D eigenvalue weighted by Crippen LogP contribution is 2.29. The molecule has 0 unspecified atom stereocenters. The third kappa shape index (κ3) is 4.14. The average Bonchev–Trinajstić information content (AvgIpc) is 2.76. The SMILES string of the molecule is COc1ccc(Nc2ncc(C(=O)Nc3ccc(C)cc3Br)c3ccccc23)cc1. The summed E-state index contributed by atoms with van der Waals surface area (Å²) in [4.78, 5) is 17.5. The quantitative estimate of drug-likeness (QED) is 0.365. The predicted molar refractivity (Wildman–Crippen MR) is 125 cm³/mol. The molecular weight excluding hydrogens is 442 g/mol. The number of hydrogen-bond acceptors (Lipinski definition) is 4. The van der Waals surface area contributed by atoms with Gasteiger partial charge in [0.15, 0.2) is 0 Å². The number of pyridine rings is 1. The van der Waals surface area contributed by atoms with Crippen molar-refractivity contribution in [2.75, 3.05) is 17.7 Å². The first kappa shape index (κ1) is 19.9. The van der Waals surface area contributed by atoms with Crippen molar-refractivity contribution in [1.82, 2.24) is 4.98 Å². The van der Waals surface area contributed by atoms with Crippen LogP contribution < -0.4 is 15.4 Å². The van der Waals surface area contributed by atoms with E-state index in [-0.39, 0.29) is 5.91 Å². The molecule has 150 valence electrons. The van der Waals surface area contributed by atoms with Crippen molar-refractivity contribution in [2.45, 2.75) is 6.92 Å². The third-order valence-electron chi connectivity index (χ3n) is 4.77. The Morgan fingerprint density at radius 2 is 1.73 bits per heavy atom. The van der Waals surface area contributed by atoms with Crippen LogP contribution in [0.15, 0.2) is 77.4 Å². The van der Waals surface area contributed by atoms with Gasteiger partial charge in [-0.2, -0.15) is 0 Å². The molecule has 30 heavy (non-hydrogen) atoms. The Hall–Kier alpha value is -3.38. The smallest absolute Gasteiger partial charge is 0.257 e. The van der Waals surface area contributed by atoms with Crippen LogP contribution in [0.3, 0.4) is 0 Å². The molecule has 0 aliphatic carbocycles. The fourth-order valence-electron chi connectivity index (χ4n) is 3.20. The molecule has 1 amide bonds. The Kier molecular flexibility index (Phi) is 5.68. The number of rotatable bonds is 5. The van der Waals surface area contributed by atoms with Gasteiger partial charge in [-0.3, -0.25) is 4.79 Å². The molecule has 4 rings (SSSR count). The number of carbonyl (C=O) groups is 1. The van der Waals surface area contributed by atoms with Gasteiger partial charge in [-0.1, -0.05) is 30.3 Å². The van der Waals surface area contributed by atoms with Crippen molar-refractivity contribution >= 4 is 49.8 Å². The number of ether oxygens (including phenoxy) is 1. The minimum absolute atomic E-state index is 0.209. The summed E-state index contributed by atoms with van der Waals surface area (Å²) >= 11 is 3.51. The summed E-state index contributed by atoms with van der Waals surface area (Å²) in [5.74, 6) is 1.26. The molecule has 0 bridgehead atoms. The normalized spacial score (nSPS) is 10.6. The van der Waals surface area contributed by atoms with Gasteiger partial charge in [-0.05, 0) is 70.2 Å². The molecule has 1 heterocycles. The summed E-state index contributed by atoms with van der Waals surface area (Å²) in [6, 6.07) is 21.1. The largest absolute Gasteiger partial charge is 0.497 e. The van der Waals surface area contributed by atoms with E-state index in [4.69, 9.17) is 4.74 Å². The van der Waals surface area contributed by atoms with Crippen molar-refractivity contribution in [3.05, 3.63) is 88.5 Å². The van der Waals surface area contributed by atoms with E-state index in [0.717, 1.165) is 37.9 Å². The Morgan fingerprint density at radius 1 is 1.00 bits per heavy atom. The second-order valence-electron chi connectivity index (χ2n) is 6.86. The van der Waals surface area contributed by atoms with E-state index in [1.807, 2.05) is 73.7 Å². The monoisotopic (exact) mass is 461 g/mol. The van der Waals surface area contributed by atoms with Crippen LogP contribution in [0.1, 0.15) is 15.9 Å². The van der Waals surface area contributed by atoms with Crippen LogP contribution in [-0.2, 0) is 0 Å². The summed E-state index contributed by atoms with van der Waals surface area (Å²) < 4.78 is 6.04. The van der Waals surface area contributed by atoms with Crippen LogP contribution in [0.5, 0.6) is 5.75 Å². The molecule has 0 fully saturated rings. The van der Waals surface area contributed by atoms with E-state index in [1.54, 1.807) is 13.3 Å². The van der Waals surface area contributed by atoms with E-state index in [0.29, 0.717) is 11.4 Å². The number of hydrogen-bond donors (Lipinski definition) is 2. The second kappa shape index (κ2) is 8.55. The minimum atomic E-state index is -0.209. The van der Waals surface area contributed by atoms with Gasteiger partial charge in [0.25, 0.3) is 5.91 Å². The number of nitrogens with zero attached hydrogens (tertiary/aromatic N) is 1. The summed E-state index contributed by atoms with van der Waals surface area (Å²) in [7, 11) is 1.64. The highest BCUT2D eigenvalue weighted by Gasteiger charge is 2.15. The van der Waals surface area contributed by atoms with Crippen molar-refractivity contribution in [2.24, 2.45) is 0 Å². The lowest BCUT2D eigenvalue weighted by Crippen LogP contribution is -2.13. The molecule has 0 saturated heterocycles. The van der Waals surface area contributed by atoms with Crippen molar-refractivity contribution in [1.29, 1.82) is 0 Å². The molecule has 0 saturated carbocycles. The van der Waals surface area contributed by atoms with Gasteiger partial charge in [-0.25, -0.2) is 4.98 Å². The van der Waals surface area contributed by atoms with Gasteiger partial charge in [0.1, 0.15) is 11.6 Å². The third-order valence-corrected chi connectivity index (χ3v) is 5.42. The Labute approximate surface area is 183 Å². The van der Waals surface area contributed by atoms with Crippen LogP contribution in [0.4, 0.5) is 17.2 Å². The minimum Gasteiger partial charge on any atom is -0.497 e. The zero-order valence-electron chi connectivity index (χ0n) is 16.6. The lowest BCUT2D eigenvalue weighted by molar-refractivity contribution is 0.102. The molecule has 0 aliphatic rings. The fourth-order valence-corrected chi connectivity index (χ4v) is 3.79. The van der Waals surface area contributed by atoms with E-state index in [2.05, 4.69) is 31.5 Å². The van der Waals surface area contributed by atoms with Crippen LogP contribution >= 0.6 is 15.9 Å². The molecule has 3 aromatic carbocycles.